The second kappa shape index (κ2) is 10.1. The van der Waals surface area contributed by atoms with Crippen molar-refractivity contribution in [2.24, 2.45) is 0 Å². The molecular formula is C28H29N5S. The van der Waals surface area contributed by atoms with Crippen LogP contribution in [0.3, 0.4) is 0 Å². The first-order chi connectivity index (χ1) is 16.7. The maximum Gasteiger partial charge on any atom is 0.170 e. The van der Waals surface area contributed by atoms with Crippen molar-refractivity contribution >= 4 is 23.0 Å². The highest BCUT2D eigenvalue weighted by Gasteiger charge is 2.41. The third-order valence-corrected chi connectivity index (χ3v) is 6.65. The average molecular weight is 468 g/mol. The van der Waals surface area contributed by atoms with Crippen LogP contribution < -0.4 is 10.6 Å². The third kappa shape index (κ3) is 4.54. The number of hydrogen-bond acceptors (Lipinski definition) is 3. The molecule has 2 aromatic heterocycles. The number of benzene rings is 2. The molecule has 172 valence electrons. The van der Waals surface area contributed by atoms with E-state index >= 15 is 0 Å². The Kier molecular flexibility index (Phi) is 6.58. The van der Waals surface area contributed by atoms with Crippen LogP contribution in [0.15, 0.2) is 97.2 Å². The average Bonchev–Trinajstić information content (AvgIpc) is 3.42. The monoisotopic (exact) mass is 467 g/mol. The van der Waals surface area contributed by atoms with Crippen LogP contribution in [-0.4, -0.2) is 32.7 Å². The molecule has 1 aliphatic heterocycles. The Morgan fingerprint density at radius 1 is 0.912 bits per heavy atom. The number of hydrogen-bond donors (Lipinski definition) is 2. The summed E-state index contributed by atoms with van der Waals surface area (Å²) in [5.74, 6) is 0. The smallest absolute Gasteiger partial charge is 0.170 e. The van der Waals surface area contributed by atoms with Gasteiger partial charge in [-0.25, -0.2) is 0 Å². The normalized spacial score (nSPS) is 17.6. The molecule has 0 bridgehead atoms. The molecule has 2 atom stereocenters. The van der Waals surface area contributed by atoms with E-state index in [4.69, 9.17) is 12.2 Å². The van der Waals surface area contributed by atoms with Gasteiger partial charge in [0.05, 0.1) is 17.8 Å². The molecule has 4 aromatic rings. The Bertz CT molecular complexity index is 1220. The van der Waals surface area contributed by atoms with E-state index < -0.39 is 0 Å². The van der Waals surface area contributed by atoms with Gasteiger partial charge in [-0.1, -0.05) is 42.5 Å². The molecule has 5 rings (SSSR count). The van der Waals surface area contributed by atoms with Crippen LogP contribution in [0.1, 0.15) is 35.6 Å². The lowest BCUT2D eigenvalue weighted by molar-refractivity contribution is 0.307. The minimum Gasteiger partial charge on any atom is -0.385 e. The molecule has 2 aromatic carbocycles. The third-order valence-electron chi connectivity index (χ3n) is 6.30. The fraction of sp³-hybridized carbons (Fsp3) is 0.214. The molecular weight excluding hydrogens is 438 g/mol. The number of aromatic nitrogens is 2. The van der Waals surface area contributed by atoms with Crippen molar-refractivity contribution in [1.29, 1.82) is 0 Å². The van der Waals surface area contributed by atoms with Crippen molar-refractivity contribution in [3.63, 3.8) is 0 Å². The Hall–Kier alpha value is -3.64. The van der Waals surface area contributed by atoms with Crippen molar-refractivity contribution in [2.45, 2.75) is 25.4 Å². The largest absolute Gasteiger partial charge is 0.385 e. The zero-order valence-electron chi connectivity index (χ0n) is 19.3. The molecule has 3 heterocycles. The molecule has 0 aliphatic carbocycles. The summed E-state index contributed by atoms with van der Waals surface area (Å²) in [4.78, 5) is 7.01. The highest BCUT2D eigenvalue weighted by molar-refractivity contribution is 7.80. The Morgan fingerprint density at radius 3 is 2.38 bits per heavy atom. The fourth-order valence-electron chi connectivity index (χ4n) is 4.73. The Morgan fingerprint density at radius 2 is 1.65 bits per heavy atom. The zero-order chi connectivity index (χ0) is 23.3. The number of aryl methyl sites for hydroxylation is 1. The standard InChI is InChI=1S/C28H29N5S/c1-21-16-17-25(33(21)23-13-6-3-7-14-23)27-26(24-15-8-9-18-30-24)31-28(34)32(27)20-10-19-29-22-11-4-2-5-12-22/h2-9,11-18,26-27,29H,10,19-20H2,1H3,(H,31,34)/t26-,27-/m0/s1. The van der Waals surface area contributed by atoms with Crippen molar-refractivity contribution in [2.75, 3.05) is 18.4 Å². The van der Waals surface area contributed by atoms with Gasteiger partial charge in [0.2, 0.25) is 0 Å². The summed E-state index contributed by atoms with van der Waals surface area (Å²) in [6.07, 6.45) is 2.82. The lowest BCUT2D eigenvalue weighted by atomic mass is 10.0. The number of rotatable bonds is 8. The van der Waals surface area contributed by atoms with Gasteiger partial charge in [-0.05, 0) is 74.1 Å². The topological polar surface area (TPSA) is 45.1 Å². The molecule has 0 radical (unpaired) electrons. The summed E-state index contributed by atoms with van der Waals surface area (Å²) in [7, 11) is 0. The van der Waals surface area contributed by atoms with E-state index in [2.05, 4.69) is 105 Å². The number of para-hydroxylation sites is 2. The van der Waals surface area contributed by atoms with Crippen LogP contribution in [0.25, 0.3) is 5.69 Å². The van der Waals surface area contributed by atoms with E-state index in [9.17, 15) is 0 Å². The van der Waals surface area contributed by atoms with Gasteiger partial charge in [-0.2, -0.15) is 0 Å². The highest BCUT2D eigenvalue weighted by Crippen LogP contribution is 2.40. The van der Waals surface area contributed by atoms with Crippen LogP contribution in [0.4, 0.5) is 5.69 Å². The summed E-state index contributed by atoms with van der Waals surface area (Å²) in [5, 5.41) is 7.87. The molecule has 6 heteroatoms. The van der Waals surface area contributed by atoms with E-state index in [0.717, 1.165) is 41.7 Å². The van der Waals surface area contributed by atoms with Gasteiger partial charge in [-0.3, -0.25) is 4.98 Å². The van der Waals surface area contributed by atoms with Gasteiger partial charge in [0.15, 0.2) is 5.11 Å². The molecule has 34 heavy (non-hydrogen) atoms. The quantitative estimate of drug-likeness (QED) is 0.259. The first-order valence-electron chi connectivity index (χ1n) is 11.7. The maximum absolute atomic E-state index is 5.86. The highest BCUT2D eigenvalue weighted by atomic mass is 32.1. The van der Waals surface area contributed by atoms with E-state index in [1.165, 1.54) is 11.4 Å². The molecule has 0 unspecified atom stereocenters. The number of thiocarbonyl (C=S) groups is 1. The molecule has 5 nitrogen and oxygen atoms in total. The van der Waals surface area contributed by atoms with E-state index in [1.54, 1.807) is 0 Å². The predicted molar refractivity (Wildman–Crippen MR) is 142 cm³/mol. The molecule has 2 N–H and O–H groups in total. The minimum absolute atomic E-state index is 0.0208. The SMILES string of the molecule is Cc1ccc([C@H]2[C@H](c3ccccn3)NC(=S)N2CCCNc2ccccc2)n1-c1ccccc1. The number of pyridine rings is 1. The lowest BCUT2D eigenvalue weighted by Gasteiger charge is -2.29. The minimum atomic E-state index is -0.0208. The fourth-order valence-corrected chi connectivity index (χ4v) is 5.06. The number of anilines is 1. The van der Waals surface area contributed by atoms with Crippen molar-refractivity contribution in [3.05, 3.63) is 114 Å². The summed E-state index contributed by atoms with van der Waals surface area (Å²) < 4.78 is 2.34. The first kappa shape index (κ1) is 22.2. The van der Waals surface area contributed by atoms with E-state index in [0.29, 0.717) is 0 Å². The predicted octanol–water partition coefficient (Wildman–Crippen LogP) is 5.66. The van der Waals surface area contributed by atoms with Crippen LogP contribution >= 0.6 is 12.2 Å². The van der Waals surface area contributed by atoms with Crippen LogP contribution in [-0.2, 0) is 0 Å². The Labute approximate surface area is 206 Å². The van der Waals surface area contributed by atoms with Gasteiger partial charge in [0.1, 0.15) is 0 Å². The molecule has 1 saturated heterocycles. The van der Waals surface area contributed by atoms with Gasteiger partial charge < -0.3 is 20.1 Å². The maximum atomic E-state index is 5.86. The van der Waals surface area contributed by atoms with E-state index in [1.807, 2.05) is 24.4 Å². The summed E-state index contributed by atoms with van der Waals surface area (Å²) in [6, 6.07) is 31.4. The molecule has 0 saturated carbocycles. The number of nitrogens with zero attached hydrogens (tertiary/aromatic N) is 3. The zero-order valence-corrected chi connectivity index (χ0v) is 20.1. The first-order valence-corrected chi connectivity index (χ1v) is 12.1. The lowest BCUT2D eigenvalue weighted by Crippen LogP contribution is -2.32. The van der Waals surface area contributed by atoms with Gasteiger partial charge in [-0.15, -0.1) is 0 Å². The molecule has 0 spiro atoms. The van der Waals surface area contributed by atoms with Gasteiger partial charge in [0.25, 0.3) is 0 Å². The summed E-state index contributed by atoms with van der Waals surface area (Å²) in [6.45, 7) is 3.88. The summed E-state index contributed by atoms with van der Waals surface area (Å²) in [5.41, 5.74) is 5.70. The van der Waals surface area contributed by atoms with Crippen LogP contribution in [0.2, 0.25) is 0 Å². The second-order valence-corrected chi connectivity index (χ2v) is 8.92. The van der Waals surface area contributed by atoms with Crippen LogP contribution in [0.5, 0.6) is 0 Å². The molecule has 1 aliphatic rings. The molecule has 0 amide bonds. The Balaban J connectivity index is 1.45. The number of nitrogens with one attached hydrogen (secondary N) is 2. The summed E-state index contributed by atoms with van der Waals surface area (Å²) >= 11 is 5.86. The van der Waals surface area contributed by atoms with Crippen molar-refractivity contribution < 1.29 is 0 Å². The second-order valence-electron chi connectivity index (χ2n) is 8.54. The van der Waals surface area contributed by atoms with Crippen molar-refractivity contribution in [1.82, 2.24) is 19.8 Å². The molecule has 1 fully saturated rings. The van der Waals surface area contributed by atoms with E-state index in [-0.39, 0.29) is 12.1 Å². The van der Waals surface area contributed by atoms with Crippen molar-refractivity contribution in [3.8, 4) is 5.69 Å². The van der Waals surface area contributed by atoms with Gasteiger partial charge in [0, 0.05) is 42.0 Å². The van der Waals surface area contributed by atoms with Crippen LogP contribution in [0, 0.1) is 6.92 Å². The van der Waals surface area contributed by atoms with Gasteiger partial charge >= 0.3 is 0 Å².